The molecule has 0 radical (unpaired) electrons. The highest BCUT2D eigenvalue weighted by Crippen LogP contribution is 2.33. The van der Waals surface area contributed by atoms with Crippen molar-refractivity contribution in [2.45, 2.75) is 47.6 Å². The third-order valence-electron chi connectivity index (χ3n) is 10.2. The van der Waals surface area contributed by atoms with Crippen molar-refractivity contribution in [2.75, 3.05) is 28.4 Å². The van der Waals surface area contributed by atoms with Gasteiger partial charge in [0, 0.05) is 52.6 Å². The number of methoxy groups -OCH3 is 1. The molecule has 5 aromatic carbocycles. The van der Waals surface area contributed by atoms with Gasteiger partial charge in [-0.1, -0.05) is 32.0 Å². The van der Waals surface area contributed by atoms with Crippen LogP contribution in [0, 0.1) is 73.0 Å². The quantitative estimate of drug-likeness (QED) is 0.0386. The van der Waals surface area contributed by atoms with Crippen molar-refractivity contribution in [3.63, 3.8) is 0 Å². The number of nitrogens with one attached hydrogen (secondary N) is 4. The van der Waals surface area contributed by atoms with Crippen LogP contribution >= 0.6 is 24.0 Å². The number of para-hydroxylation sites is 1. The number of carbonyl (C=O) groups is 1. The van der Waals surface area contributed by atoms with Gasteiger partial charge in [-0.2, -0.15) is 31.0 Å². The van der Waals surface area contributed by atoms with Gasteiger partial charge < -0.3 is 31.1 Å². The molecule has 0 amide bonds. The maximum absolute atomic E-state index is 11.4. The largest absolute Gasteiger partial charge is 0.496 e. The Morgan fingerprint density at radius 2 is 1.03 bits per heavy atom. The molecular weight excluding hydrogens is 1000 g/mol. The molecule has 5 N–H and O–H groups in total. The highest BCUT2D eigenvalue weighted by atomic mass is 127. The zero-order valence-corrected chi connectivity index (χ0v) is 42.4. The van der Waals surface area contributed by atoms with Crippen LogP contribution in [-0.4, -0.2) is 38.4 Å². The Kier molecular flexibility index (Phi) is 20.9. The monoisotopic (exact) mass is 1050 g/mol. The molecule has 2 heterocycles. The topological polar surface area (TPSA) is 241 Å². The number of aliphatic hydroxyl groups excluding tert-OH is 1. The van der Waals surface area contributed by atoms with Crippen molar-refractivity contribution in [2.24, 2.45) is 0 Å². The van der Waals surface area contributed by atoms with E-state index in [9.17, 15) is 9.90 Å². The van der Waals surface area contributed by atoms with Gasteiger partial charge in [0.25, 0.3) is 0 Å². The first-order chi connectivity index (χ1) is 33.9. The van der Waals surface area contributed by atoms with Gasteiger partial charge in [-0.05, 0) is 152 Å². The van der Waals surface area contributed by atoms with Gasteiger partial charge in [-0.15, -0.1) is 24.0 Å². The number of anilines is 8. The Hall–Kier alpha value is -8.94. The second-order valence-corrected chi connectivity index (χ2v) is 15.1. The van der Waals surface area contributed by atoms with Crippen LogP contribution < -0.4 is 26.0 Å². The first-order valence-corrected chi connectivity index (χ1v) is 21.9. The molecule has 0 aliphatic carbocycles. The number of nitriles is 4. The SMILES string of the molecule is CC.COc1ccccc1C(O)c1cc(Nc2c(C)cc(/C=C/C#N)cc2C)nc(Nc2ccc(C#N)cc2)n1.Cc1cc(/C=C/C#N)cc(C)c1Nc1cc(C=O)nc(Nc2ccc(C#N)cc2)n1.I. The van der Waals surface area contributed by atoms with E-state index in [-0.39, 0.29) is 41.6 Å². The van der Waals surface area contributed by atoms with E-state index < -0.39 is 6.10 Å². The maximum atomic E-state index is 11.4. The van der Waals surface area contributed by atoms with E-state index in [0.29, 0.717) is 57.4 Å². The lowest BCUT2D eigenvalue weighted by Gasteiger charge is -2.18. The zero-order valence-electron chi connectivity index (χ0n) is 40.1. The van der Waals surface area contributed by atoms with Crippen LogP contribution in [0.5, 0.6) is 5.75 Å². The molecule has 1 atom stereocenters. The van der Waals surface area contributed by atoms with Crippen LogP contribution in [-0.2, 0) is 0 Å². The molecule has 16 heteroatoms. The number of benzene rings is 5. The van der Waals surface area contributed by atoms with Gasteiger partial charge in [0.2, 0.25) is 11.9 Å². The van der Waals surface area contributed by atoms with Gasteiger partial charge in [-0.25, -0.2) is 9.97 Å². The summed E-state index contributed by atoms with van der Waals surface area (Å²) in [5, 5.41) is 59.7. The lowest BCUT2D eigenvalue weighted by Crippen LogP contribution is -2.10. The van der Waals surface area contributed by atoms with Gasteiger partial charge in [0.1, 0.15) is 29.2 Å². The number of aryl methyl sites for hydroxylation is 4. The van der Waals surface area contributed by atoms with Crippen molar-refractivity contribution < 1.29 is 14.6 Å². The Morgan fingerprint density at radius 1 is 0.592 bits per heavy atom. The minimum absolute atomic E-state index is 0. The van der Waals surface area contributed by atoms with Gasteiger partial charge in [-0.3, -0.25) is 4.79 Å². The fourth-order valence-electron chi connectivity index (χ4n) is 7.04. The normalized spacial score (nSPS) is 10.5. The van der Waals surface area contributed by atoms with Gasteiger partial charge in [0.05, 0.1) is 48.2 Å². The number of rotatable bonds is 14. The molecular formula is C55H51IN12O3. The van der Waals surface area contributed by atoms with E-state index in [2.05, 4.69) is 53.3 Å². The number of hydrogen-bond donors (Lipinski definition) is 5. The standard InChI is InChI=1S/C30H26N6O2.C23H18N6O.C2H6.HI/c1-19-15-22(7-6-14-31)16-20(2)28(19)35-27-17-25(29(37)24-8-4-5-9-26(24)38-3)34-30(36-27)33-23-12-10-21(18-32)11-13-23;1-15-10-18(4-3-9-24)11-16(2)22(15)28-21-12-20(14-30)27-23(29-21)26-19-7-5-17(13-25)6-8-19;1-2;/h4-13,15-17,29,37H,1-3H3,(H2,33,34,35,36);3-8,10-12,14H,1-2H3,(H2,26,27,28,29);1-2H3;1H/b7-6+;4-3+;;. The van der Waals surface area contributed by atoms with E-state index in [1.54, 1.807) is 92.1 Å². The fraction of sp³-hybridized carbons (Fsp3) is 0.145. The summed E-state index contributed by atoms with van der Waals surface area (Å²) in [7, 11) is 1.55. The van der Waals surface area contributed by atoms with Crippen LogP contribution in [0.3, 0.4) is 0 Å². The number of aromatic nitrogens is 4. The number of hydrogen-bond acceptors (Lipinski definition) is 15. The van der Waals surface area contributed by atoms with Crippen LogP contribution in [0.2, 0.25) is 0 Å². The predicted molar refractivity (Wildman–Crippen MR) is 290 cm³/mol. The molecule has 7 rings (SSSR count). The molecule has 0 spiro atoms. The number of carbonyl (C=O) groups excluding carboxylic acids is 1. The van der Waals surface area contributed by atoms with Gasteiger partial charge >= 0.3 is 0 Å². The average molecular weight is 1050 g/mol. The zero-order chi connectivity index (χ0) is 50.6. The highest BCUT2D eigenvalue weighted by molar-refractivity contribution is 14.0. The Morgan fingerprint density at radius 3 is 1.45 bits per heavy atom. The second-order valence-electron chi connectivity index (χ2n) is 15.1. The summed E-state index contributed by atoms with van der Waals surface area (Å²) >= 11 is 0. The molecule has 356 valence electrons. The molecule has 0 saturated heterocycles. The van der Waals surface area contributed by atoms with Crippen molar-refractivity contribution in [1.82, 2.24) is 19.9 Å². The predicted octanol–water partition coefficient (Wildman–Crippen LogP) is 12.5. The lowest BCUT2D eigenvalue weighted by molar-refractivity contribution is 0.111. The molecule has 1 unspecified atom stereocenters. The Balaban J connectivity index is 0.000000302. The first kappa shape index (κ1) is 54.7. The molecule has 2 aromatic heterocycles. The van der Waals surface area contributed by atoms with E-state index in [1.807, 2.05) is 90.1 Å². The van der Waals surface area contributed by atoms with Crippen molar-refractivity contribution in [3.8, 4) is 30.0 Å². The number of nitrogens with zero attached hydrogens (tertiary/aromatic N) is 8. The highest BCUT2D eigenvalue weighted by Gasteiger charge is 2.20. The minimum atomic E-state index is -1.07. The second kappa shape index (κ2) is 27.2. The van der Waals surface area contributed by atoms with Crippen LogP contribution in [0.15, 0.2) is 121 Å². The van der Waals surface area contributed by atoms with Crippen molar-refractivity contribution >= 4 is 88.7 Å². The number of allylic oxidation sites excluding steroid dienone is 2. The minimum Gasteiger partial charge on any atom is -0.496 e. The number of halogens is 1. The number of aliphatic hydroxyl groups is 1. The van der Waals surface area contributed by atoms with Crippen LogP contribution in [0.4, 0.5) is 46.3 Å². The summed E-state index contributed by atoms with van der Waals surface area (Å²) in [5.41, 5.74) is 11.1. The Labute approximate surface area is 430 Å². The summed E-state index contributed by atoms with van der Waals surface area (Å²) in [6, 6.07) is 40.3. The number of ether oxygens (including phenoxy) is 1. The number of aldehydes is 1. The smallest absolute Gasteiger partial charge is 0.229 e. The molecule has 15 nitrogen and oxygen atoms in total. The lowest BCUT2D eigenvalue weighted by atomic mass is 10.0. The summed E-state index contributed by atoms with van der Waals surface area (Å²) in [4.78, 5) is 29.2. The molecule has 0 saturated carbocycles. The summed E-state index contributed by atoms with van der Waals surface area (Å²) in [6.45, 7) is 11.9. The fourth-order valence-corrected chi connectivity index (χ4v) is 7.04. The summed E-state index contributed by atoms with van der Waals surface area (Å²) in [6.07, 6.45) is 5.97. The van der Waals surface area contributed by atoms with E-state index >= 15 is 0 Å². The first-order valence-electron chi connectivity index (χ1n) is 21.9. The third kappa shape index (κ3) is 15.3. The van der Waals surface area contributed by atoms with E-state index in [0.717, 1.165) is 44.8 Å². The van der Waals surface area contributed by atoms with Crippen molar-refractivity contribution in [1.29, 1.82) is 21.0 Å². The van der Waals surface area contributed by atoms with Crippen LogP contribution in [0.1, 0.15) is 86.2 Å². The van der Waals surface area contributed by atoms with Crippen LogP contribution in [0.25, 0.3) is 12.2 Å². The summed E-state index contributed by atoms with van der Waals surface area (Å²) < 4.78 is 5.45. The van der Waals surface area contributed by atoms with E-state index in [1.165, 1.54) is 12.2 Å². The van der Waals surface area contributed by atoms with Gasteiger partial charge in [0.15, 0.2) is 6.29 Å². The summed E-state index contributed by atoms with van der Waals surface area (Å²) in [5.74, 6) is 2.02. The molecule has 7 aromatic rings. The van der Waals surface area contributed by atoms with E-state index in [4.69, 9.17) is 25.8 Å². The molecule has 0 aliphatic heterocycles. The molecule has 0 fully saturated rings. The molecule has 0 aliphatic rings. The molecule has 71 heavy (non-hydrogen) atoms. The Bertz CT molecular complexity index is 3150. The maximum Gasteiger partial charge on any atom is 0.229 e. The third-order valence-corrected chi connectivity index (χ3v) is 10.2. The van der Waals surface area contributed by atoms with Crippen molar-refractivity contribution in [3.05, 3.63) is 183 Å². The average Bonchev–Trinajstić information content (AvgIpc) is 3.38. The molecule has 0 bridgehead atoms.